The zero-order chi connectivity index (χ0) is 19.1. The Morgan fingerprint density at radius 1 is 1.11 bits per heavy atom. The molecule has 1 heterocycles. The number of carbonyl (C=O) groups is 1. The van der Waals surface area contributed by atoms with Crippen LogP contribution in [0.2, 0.25) is 0 Å². The third-order valence-electron chi connectivity index (χ3n) is 3.99. The maximum Gasteiger partial charge on any atom is 0.340 e. The molecule has 0 saturated heterocycles. The van der Waals surface area contributed by atoms with Crippen molar-refractivity contribution in [2.45, 2.75) is 13.5 Å². The van der Waals surface area contributed by atoms with Gasteiger partial charge in [-0.15, -0.1) is 0 Å². The molecule has 27 heavy (non-hydrogen) atoms. The van der Waals surface area contributed by atoms with Crippen LogP contribution >= 0.6 is 0 Å². The quantitative estimate of drug-likeness (QED) is 0.662. The van der Waals surface area contributed by atoms with Crippen molar-refractivity contribution in [3.05, 3.63) is 83.4 Å². The van der Waals surface area contributed by atoms with Gasteiger partial charge in [0.25, 0.3) is 0 Å². The molecule has 1 N–H and O–H groups in total. The summed E-state index contributed by atoms with van der Waals surface area (Å²) in [4.78, 5) is 17.0. The molecule has 3 aromatic rings. The van der Waals surface area contributed by atoms with Crippen molar-refractivity contribution in [3.8, 4) is 17.3 Å². The van der Waals surface area contributed by atoms with E-state index in [2.05, 4.69) is 16.4 Å². The Labute approximate surface area is 158 Å². The maximum atomic E-state index is 12.4. The van der Waals surface area contributed by atoms with Crippen molar-refractivity contribution >= 4 is 11.8 Å². The summed E-state index contributed by atoms with van der Waals surface area (Å²) in [6.45, 7) is 2.52. The van der Waals surface area contributed by atoms with Crippen LogP contribution in [0.3, 0.4) is 0 Å². The lowest BCUT2D eigenvalue weighted by atomic mass is 10.0. The highest BCUT2D eigenvalue weighted by molar-refractivity contribution is 5.97. The first kappa shape index (κ1) is 18.2. The molecular formula is C22H19N3O2. The van der Waals surface area contributed by atoms with Crippen molar-refractivity contribution in [3.63, 3.8) is 0 Å². The summed E-state index contributed by atoms with van der Waals surface area (Å²) in [5, 5.41) is 12.7. The minimum absolute atomic E-state index is 0.253. The zero-order valence-corrected chi connectivity index (χ0v) is 15.0. The second-order valence-electron chi connectivity index (χ2n) is 5.82. The first-order valence-corrected chi connectivity index (χ1v) is 8.68. The number of benzene rings is 2. The van der Waals surface area contributed by atoms with Gasteiger partial charge < -0.3 is 10.1 Å². The Balaban J connectivity index is 2.03. The van der Waals surface area contributed by atoms with E-state index < -0.39 is 5.97 Å². The lowest BCUT2D eigenvalue weighted by Gasteiger charge is -2.13. The van der Waals surface area contributed by atoms with E-state index >= 15 is 0 Å². The van der Waals surface area contributed by atoms with E-state index in [0.717, 1.165) is 11.1 Å². The largest absolute Gasteiger partial charge is 0.462 e. The normalized spacial score (nSPS) is 10.1. The SMILES string of the molecule is CCOC(=O)c1cc(C#N)c(NCc2ccccc2)nc1-c1ccccc1. The Kier molecular flexibility index (Phi) is 5.80. The lowest BCUT2D eigenvalue weighted by Crippen LogP contribution is -2.11. The molecule has 0 aliphatic carbocycles. The highest BCUT2D eigenvalue weighted by Gasteiger charge is 2.19. The summed E-state index contributed by atoms with van der Waals surface area (Å²) in [6.07, 6.45) is 0. The molecule has 5 heteroatoms. The van der Waals surface area contributed by atoms with Crippen molar-refractivity contribution in [2.24, 2.45) is 0 Å². The smallest absolute Gasteiger partial charge is 0.340 e. The van der Waals surface area contributed by atoms with Crippen LogP contribution in [0.4, 0.5) is 5.82 Å². The molecule has 0 bridgehead atoms. The molecule has 0 aliphatic heterocycles. The van der Waals surface area contributed by atoms with Gasteiger partial charge in [-0.2, -0.15) is 5.26 Å². The van der Waals surface area contributed by atoms with Crippen LogP contribution in [0, 0.1) is 11.3 Å². The number of ether oxygens (including phenoxy) is 1. The molecule has 5 nitrogen and oxygen atoms in total. The van der Waals surface area contributed by atoms with E-state index in [1.54, 1.807) is 13.0 Å². The molecular weight excluding hydrogens is 338 g/mol. The molecule has 134 valence electrons. The van der Waals surface area contributed by atoms with Gasteiger partial charge in [0.2, 0.25) is 0 Å². The number of aromatic nitrogens is 1. The third kappa shape index (κ3) is 4.31. The number of nitrogens with one attached hydrogen (secondary N) is 1. The van der Waals surface area contributed by atoms with Gasteiger partial charge in [0.05, 0.1) is 23.4 Å². The van der Waals surface area contributed by atoms with E-state index in [-0.39, 0.29) is 12.2 Å². The minimum atomic E-state index is -0.491. The molecule has 0 fully saturated rings. The fourth-order valence-electron chi connectivity index (χ4n) is 2.70. The molecule has 2 aromatic carbocycles. The number of nitriles is 1. The average Bonchev–Trinajstić information content (AvgIpc) is 2.73. The van der Waals surface area contributed by atoms with Gasteiger partial charge in [-0.25, -0.2) is 9.78 Å². The van der Waals surface area contributed by atoms with E-state index in [9.17, 15) is 10.1 Å². The minimum Gasteiger partial charge on any atom is -0.462 e. The zero-order valence-electron chi connectivity index (χ0n) is 15.0. The van der Waals surface area contributed by atoms with Crippen LogP contribution in [0.15, 0.2) is 66.7 Å². The molecule has 0 aliphatic rings. The average molecular weight is 357 g/mol. The predicted octanol–water partition coefficient (Wildman–Crippen LogP) is 4.41. The number of hydrogen-bond acceptors (Lipinski definition) is 5. The van der Waals surface area contributed by atoms with E-state index in [0.29, 0.717) is 23.6 Å². The van der Waals surface area contributed by atoms with Gasteiger partial charge in [-0.3, -0.25) is 0 Å². The fourth-order valence-corrected chi connectivity index (χ4v) is 2.70. The summed E-state index contributed by atoms with van der Waals surface area (Å²) in [5.74, 6) is -0.0526. The van der Waals surface area contributed by atoms with Crippen molar-refractivity contribution in [2.75, 3.05) is 11.9 Å². The molecule has 0 saturated carbocycles. The Hall–Kier alpha value is -3.65. The van der Waals surface area contributed by atoms with Crippen LogP contribution in [0.1, 0.15) is 28.4 Å². The van der Waals surface area contributed by atoms with Crippen LogP contribution in [-0.4, -0.2) is 17.6 Å². The molecule has 0 spiro atoms. The Morgan fingerprint density at radius 3 is 2.41 bits per heavy atom. The topological polar surface area (TPSA) is 75.0 Å². The van der Waals surface area contributed by atoms with E-state index in [4.69, 9.17) is 4.74 Å². The van der Waals surface area contributed by atoms with Gasteiger partial charge in [-0.05, 0) is 18.6 Å². The van der Waals surface area contributed by atoms with Gasteiger partial charge in [0.15, 0.2) is 0 Å². The Morgan fingerprint density at radius 2 is 1.78 bits per heavy atom. The number of carbonyl (C=O) groups excluding carboxylic acids is 1. The second-order valence-corrected chi connectivity index (χ2v) is 5.82. The van der Waals surface area contributed by atoms with Crippen LogP contribution in [-0.2, 0) is 11.3 Å². The van der Waals surface area contributed by atoms with Gasteiger partial charge in [0.1, 0.15) is 11.9 Å². The van der Waals surface area contributed by atoms with Gasteiger partial charge in [0, 0.05) is 12.1 Å². The summed E-state index contributed by atoms with van der Waals surface area (Å²) in [6, 6.07) is 22.9. The van der Waals surface area contributed by atoms with E-state index in [1.807, 2.05) is 60.7 Å². The number of anilines is 1. The number of pyridine rings is 1. The Bertz CT molecular complexity index is 964. The third-order valence-corrected chi connectivity index (χ3v) is 3.99. The van der Waals surface area contributed by atoms with Crippen molar-refractivity contribution < 1.29 is 9.53 Å². The van der Waals surface area contributed by atoms with Crippen molar-refractivity contribution in [1.29, 1.82) is 5.26 Å². The first-order chi connectivity index (χ1) is 13.2. The van der Waals surface area contributed by atoms with Gasteiger partial charge >= 0.3 is 5.97 Å². The summed E-state index contributed by atoms with van der Waals surface area (Å²) >= 11 is 0. The van der Waals surface area contributed by atoms with Crippen LogP contribution in [0.25, 0.3) is 11.3 Å². The molecule has 0 unspecified atom stereocenters. The number of rotatable bonds is 6. The maximum absolute atomic E-state index is 12.4. The predicted molar refractivity (Wildman–Crippen MR) is 104 cm³/mol. The molecule has 1 aromatic heterocycles. The molecule has 0 radical (unpaired) electrons. The molecule has 3 rings (SSSR count). The summed E-state index contributed by atoms with van der Waals surface area (Å²) < 4.78 is 5.15. The first-order valence-electron chi connectivity index (χ1n) is 8.68. The lowest BCUT2D eigenvalue weighted by molar-refractivity contribution is 0.0527. The van der Waals surface area contributed by atoms with Crippen LogP contribution < -0.4 is 5.32 Å². The summed E-state index contributed by atoms with van der Waals surface area (Å²) in [7, 11) is 0. The monoisotopic (exact) mass is 357 g/mol. The number of nitrogens with zero attached hydrogens (tertiary/aromatic N) is 2. The number of hydrogen-bond donors (Lipinski definition) is 1. The standard InChI is InChI=1S/C22H19N3O2/c1-2-27-22(26)19-13-18(14-23)21(24-15-16-9-5-3-6-10-16)25-20(19)17-11-7-4-8-12-17/h3-13H,2,15H2,1H3,(H,24,25). The second kappa shape index (κ2) is 8.63. The summed E-state index contributed by atoms with van der Waals surface area (Å²) in [5.41, 5.74) is 2.92. The highest BCUT2D eigenvalue weighted by atomic mass is 16.5. The molecule has 0 amide bonds. The van der Waals surface area contributed by atoms with Crippen molar-refractivity contribution in [1.82, 2.24) is 4.98 Å². The van der Waals surface area contributed by atoms with Crippen LogP contribution in [0.5, 0.6) is 0 Å². The fraction of sp³-hybridized carbons (Fsp3) is 0.136. The highest BCUT2D eigenvalue weighted by Crippen LogP contribution is 2.27. The number of esters is 1. The molecule has 0 atom stereocenters. The van der Waals surface area contributed by atoms with Gasteiger partial charge in [-0.1, -0.05) is 60.7 Å². The van der Waals surface area contributed by atoms with E-state index in [1.165, 1.54) is 0 Å².